The molecule has 0 N–H and O–H groups in total. The molecule has 3 aliphatic rings. The monoisotopic (exact) mass is 463 g/mol. The van der Waals surface area contributed by atoms with E-state index in [0.717, 1.165) is 49.0 Å². The fraction of sp³-hybridized carbons (Fsp3) is 0.517. The third-order valence-electron chi connectivity index (χ3n) is 8.43. The first-order chi connectivity index (χ1) is 16.5. The Balaban J connectivity index is 0.00000133. The van der Waals surface area contributed by atoms with E-state index in [4.69, 9.17) is 9.47 Å². The molecule has 180 valence electrons. The fourth-order valence-corrected chi connectivity index (χ4v) is 6.81. The number of fused-ring (bicyclic) bond motifs is 5. The Bertz CT molecular complexity index is 1090. The van der Waals surface area contributed by atoms with Crippen LogP contribution in [0, 0.1) is 34.4 Å². The second-order valence-electron chi connectivity index (χ2n) is 9.77. The van der Waals surface area contributed by atoms with Crippen LogP contribution in [0.5, 0.6) is 5.75 Å². The molecule has 0 spiro atoms. The van der Waals surface area contributed by atoms with Crippen molar-refractivity contribution in [1.29, 1.82) is 5.26 Å². The lowest BCUT2D eigenvalue weighted by Gasteiger charge is -2.50. The van der Waals surface area contributed by atoms with Crippen LogP contribution in [0.1, 0.15) is 85.8 Å². The van der Waals surface area contributed by atoms with Crippen molar-refractivity contribution in [2.45, 2.75) is 71.3 Å². The first kappa shape index (κ1) is 24.3. The summed E-state index contributed by atoms with van der Waals surface area (Å²) >= 11 is 0. The van der Waals surface area contributed by atoms with Gasteiger partial charge in [0.15, 0.2) is 0 Å². The maximum atomic E-state index is 14.8. The summed E-state index contributed by atoms with van der Waals surface area (Å²) in [5.41, 5.74) is 2.66. The molecule has 5 heteroatoms. The van der Waals surface area contributed by atoms with Crippen molar-refractivity contribution < 1.29 is 18.7 Å². The molecule has 4 unspecified atom stereocenters. The number of esters is 1. The molecule has 0 saturated heterocycles. The third-order valence-corrected chi connectivity index (χ3v) is 8.43. The molecular formula is C29H34FNO3. The average Bonchev–Trinajstić information content (AvgIpc) is 3.21. The van der Waals surface area contributed by atoms with Crippen LogP contribution in [0.2, 0.25) is 0 Å². The SMILES string of the molecule is CC.COC(=O)c1ccc(OC2CCC3C4CCc5c(ccc(C#N)c5F)C4CC[C@]23C)cc1. The van der Waals surface area contributed by atoms with E-state index in [1.165, 1.54) is 7.11 Å². The minimum Gasteiger partial charge on any atom is -0.490 e. The summed E-state index contributed by atoms with van der Waals surface area (Å²) in [6, 6.07) is 12.8. The Hall–Kier alpha value is -2.87. The molecule has 0 amide bonds. The molecule has 3 aliphatic carbocycles. The Kier molecular flexibility index (Phi) is 6.98. The second-order valence-corrected chi connectivity index (χ2v) is 9.77. The third kappa shape index (κ3) is 3.98. The maximum absolute atomic E-state index is 14.8. The molecule has 0 heterocycles. The summed E-state index contributed by atoms with van der Waals surface area (Å²) in [7, 11) is 1.38. The topological polar surface area (TPSA) is 59.3 Å². The number of carbonyl (C=O) groups excluding carboxylic acids is 1. The van der Waals surface area contributed by atoms with Crippen LogP contribution < -0.4 is 4.74 Å². The number of nitriles is 1. The van der Waals surface area contributed by atoms with Crippen LogP contribution in [0.3, 0.4) is 0 Å². The summed E-state index contributed by atoms with van der Waals surface area (Å²) in [4.78, 5) is 11.7. The Morgan fingerprint density at radius 1 is 1.09 bits per heavy atom. The lowest BCUT2D eigenvalue weighted by molar-refractivity contribution is -0.0108. The van der Waals surface area contributed by atoms with E-state index in [9.17, 15) is 14.4 Å². The van der Waals surface area contributed by atoms with Gasteiger partial charge >= 0.3 is 5.97 Å². The molecule has 0 radical (unpaired) electrons. The van der Waals surface area contributed by atoms with Gasteiger partial charge in [0, 0.05) is 5.41 Å². The van der Waals surface area contributed by atoms with Gasteiger partial charge in [0.05, 0.1) is 18.2 Å². The molecule has 2 fully saturated rings. The van der Waals surface area contributed by atoms with Crippen molar-refractivity contribution >= 4 is 5.97 Å². The minimum absolute atomic E-state index is 0.0881. The van der Waals surface area contributed by atoms with Gasteiger partial charge in [-0.05, 0) is 97.7 Å². The first-order valence-electron chi connectivity index (χ1n) is 12.5. The molecule has 2 aromatic carbocycles. The molecule has 5 atom stereocenters. The summed E-state index contributed by atoms with van der Waals surface area (Å²) in [5.74, 6) is 1.58. The van der Waals surface area contributed by atoms with E-state index in [0.29, 0.717) is 29.7 Å². The number of methoxy groups -OCH3 is 1. The zero-order valence-electron chi connectivity index (χ0n) is 20.6. The second kappa shape index (κ2) is 9.78. The molecule has 2 aromatic rings. The van der Waals surface area contributed by atoms with E-state index < -0.39 is 0 Å². The first-order valence-corrected chi connectivity index (χ1v) is 12.5. The number of hydrogen-bond donors (Lipinski definition) is 0. The van der Waals surface area contributed by atoms with Crippen molar-refractivity contribution in [1.82, 2.24) is 0 Å². The standard InChI is InChI=1S/C27H28FNO3.C2H6/c1-27-14-13-20-19-8-5-17(15-29)25(28)22(19)10-9-21(20)23(27)11-12-24(27)32-18-6-3-16(4-7-18)26(30)31-2;1-2/h3-8,20-21,23-24H,9-14H2,1-2H3;1-2H3/t20?,21?,23?,24?,27-;/m0./s1. The van der Waals surface area contributed by atoms with Gasteiger partial charge < -0.3 is 9.47 Å². The van der Waals surface area contributed by atoms with Gasteiger partial charge in [0.25, 0.3) is 0 Å². The van der Waals surface area contributed by atoms with E-state index >= 15 is 0 Å². The zero-order valence-corrected chi connectivity index (χ0v) is 20.6. The predicted molar refractivity (Wildman–Crippen MR) is 129 cm³/mol. The molecule has 0 bridgehead atoms. The van der Waals surface area contributed by atoms with Crippen LogP contribution in [0.25, 0.3) is 0 Å². The van der Waals surface area contributed by atoms with Crippen LogP contribution in [-0.2, 0) is 11.2 Å². The van der Waals surface area contributed by atoms with Gasteiger partial charge in [-0.15, -0.1) is 0 Å². The number of rotatable bonds is 3. The van der Waals surface area contributed by atoms with Gasteiger partial charge in [0.2, 0.25) is 0 Å². The highest BCUT2D eigenvalue weighted by Crippen LogP contribution is 2.61. The van der Waals surface area contributed by atoms with Crippen molar-refractivity contribution in [3.8, 4) is 11.8 Å². The Morgan fingerprint density at radius 2 is 1.82 bits per heavy atom. The summed E-state index contributed by atoms with van der Waals surface area (Å²) < 4.78 is 26.0. The molecule has 0 aromatic heterocycles. The van der Waals surface area contributed by atoms with Gasteiger partial charge in [-0.1, -0.05) is 26.8 Å². The van der Waals surface area contributed by atoms with Crippen LogP contribution in [-0.4, -0.2) is 19.2 Å². The highest BCUT2D eigenvalue weighted by Gasteiger charge is 2.56. The molecular weight excluding hydrogens is 429 g/mol. The highest BCUT2D eigenvalue weighted by molar-refractivity contribution is 5.89. The lowest BCUT2D eigenvalue weighted by atomic mass is 9.55. The zero-order chi connectivity index (χ0) is 24.5. The number of hydrogen-bond acceptors (Lipinski definition) is 4. The Labute approximate surface area is 202 Å². The molecule has 5 rings (SSSR count). The van der Waals surface area contributed by atoms with Crippen LogP contribution >= 0.6 is 0 Å². The maximum Gasteiger partial charge on any atom is 0.337 e. The lowest BCUT2D eigenvalue weighted by Crippen LogP contribution is -2.45. The number of ether oxygens (including phenoxy) is 2. The molecule has 0 aliphatic heterocycles. The highest BCUT2D eigenvalue weighted by atomic mass is 19.1. The minimum atomic E-state index is -0.348. The largest absolute Gasteiger partial charge is 0.490 e. The summed E-state index contributed by atoms with van der Waals surface area (Å²) in [6.45, 7) is 6.36. The number of nitrogens with zero attached hydrogens (tertiary/aromatic N) is 1. The number of halogens is 1. The van der Waals surface area contributed by atoms with Crippen LogP contribution in [0.4, 0.5) is 4.39 Å². The predicted octanol–water partition coefficient (Wildman–Crippen LogP) is 6.81. The van der Waals surface area contributed by atoms with Gasteiger partial charge in [0.1, 0.15) is 23.7 Å². The quantitative estimate of drug-likeness (QED) is 0.469. The molecule has 4 nitrogen and oxygen atoms in total. The van der Waals surface area contributed by atoms with Crippen molar-refractivity contribution in [3.63, 3.8) is 0 Å². The average molecular weight is 464 g/mol. The van der Waals surface area contributed by atoms with Gasteiger partial charge in [-0.2, -0.15) is 5.26 Å². The van der Waals surface area contributed by atoms with E-state index in [1.807, 2.05) is 38.1 Å². The van der Waals surface area contributed by atoms with Crippen LogP contribution in [0.15, 0.2) is 36.4 Å². The van der Waals surface area contributed by atoms with Crippen molar-refractivity contribution in [2.24, 2.45) is 17.3 Å². The van der Waals surface area contributed by atoms with Gasteiger partial charge in [-0.25, -0.2) is 9.18 Å². The summed E-state index contributed by atoms with van der Waals surface area (Å²) in [6.07, 6.45) is 6.03. The number of carbonyl (C=O) groups is 1. The van der Waals surface area contributed by atoms with E-state index in [2.05, 4.69) is 6.92 Å². The molecule has 2 saturated carbocycles. The fourth-order valence-electron chi connectivity index (χ4n) is 6.81. The van der Waals surface area contributed by atoms with E-state index in [-0.39, 0.29) is 28.9 Å². The van der Waals surface area contributed by atoms with Crippen molar-refractivity contribution in [3.05, 3.63) is 64.5 Å². The molecule has 34 heavy (non-hydrogen) atoms. The van der Waals surface area contributed by atoms with Crippen molar-refractivity contribution in [2.75, 3.05) is 7.11 Å². The summed E-state index contributed by atoms with van der Waals surface area (Å²) in [5, 5.41) is 9.19. The smallest absolute Gasteiger partial charge is 0.337 e. The normalized spacial score (nSPS) is 28.8. The van der Waals surface area contributed by atoms with E-state index in [1.54, 1.807) is 18.2 Å². The number of benzene rings is 2. The van der Waals surface area contributed by atoms with Gasteiger partial charge in [-0.3, -0.25) is 0 Å². The Morgan fingerprint density at radius 3 is 2.50 bits per heavy atom.